The fourth-order valence-corrected chi connectivity index (χ4v) is 2.58. The Labute approximate surface area is 113 Å². The fraction of sp³-hybridized carbons (Fsp3) is 0.462. The Kier molecular flexibility index (Phi) is 4.04. The van der Waals surface area contributed by atoms with E-state index < -0.39 is 31.0 Å². The Balaban J connectivity index is 1.98. The van der Waals surface area contributed by atoms with Gasteiger partial charge in [-0.05, 0) is 17.5 Å². The summed E-state index contributed by atoms with van der Waals surface area (Å²) in [6.07, 6.45) is -5.38. The van der Waals surface area contributed by atoms with Crippen LogP contribution < -0.4 is 5.32 Å². The van der Waals surface area contributed by atoms with Crippen LogP contribution >= 0.6 is 11.6 Å². The van der Waals surface area contributed by atoms with Crippen LogP contribution in [0.1, 0.15) is 30.0 Å². The van der Waals surface area contributed by atoms with Crippen LogP contribution in [0.15, 0.2) is 24.3 Å². The molecule has 0 spiro atoms. The standard InChI is InChI=1S/C13H13ClF3NO/c14-10-7-8-3-1-2-4-9(8)12(10)18-11(19)5-6-13(15,16)17/h1-4,10,12H,5-7H2,(H,18,19). The molecule has 1 aromatic carbocycles. The van der Waals surface area contributed by atoms with E-state index in [1.165, 1.54) is 0 Å². The van der Waals surface area contributed by atoms with E-state index in [2.05, 4.69) is 5.32 Å². The van der Waals surface area contributed by atoms with Gasteiger partial charge in [-0.25, -0.2) is 0 Å². The van der Waals surface area contributed by atoms with Crippen molar-refractivity contribution in [2.45, 2.75) is 36.9 Å². The topological polar surface area (TPSA) is 29.1 Å². The Morgan fingerprint density at radius 3 is 2.74 bits per heavy atom. The molecule has 2 nitrogen and oxygen atoms in total. The largest absolute Gasteiger partial charge is 0.389 e. The average molecular weight is 292 g/mol. The summed E-state index contributed by atoms with van der Waals surface area (Å²) in [4.78, 5) is 11.5. The molecule has 2 atom stereocenters. The number of carbonyl (C=O) groups is 1. The van der Waals surface area contributed by atoms with Crippen molar-refractivity contribution in [2.24, 2.45) is 0 Å². The molecule has 0 heterocycles. The van der Waals surface area contributed by atoms with Crippen molar-refractivity contribution in [1.29, 1.82) is 0 Å². The Hall–Kier alpha value is -1.23. The molecule has 2 rings (SSSR count). The van der Waals surface area contributed by atoms with Gasteiger partial charge < -0.3 is 5.32 Å². The van der Waals surface area contributed by atoms with Gasteiger partial charge in [-0.3, -0.25) is 4.79 Å². The van der Waals surface area contributed by atoms with Gasteiger partial charge in [-0.1, -0.05) is 24.3 Å². The third kappa shape index (κ3) is 3.62. The highest BCUT2D eigenvalue weighted by Crippen LogP contribution is 2.34. The minimum absolute atomic E-state index is 0.313. The summed E-state index contributed by atoms with van der Waals surface area (Å²) >= 11 is 6.14. The molecule has 1 amide bonds. The van der Waals surface area contributed by atoms with Crippen molar-refractivity contribution in [3.63, 3.8) is 0 Å². The molecule has 1 aliphatic rings. The van der Waals surface area contributed by atoms with Gasteiger partial charge in [0, 0.05) is 6.42 Å². The first-order chi connectivity index (χ1) is 8.87. The molecule has 2 unspecified atom stereocenters. The molecule has 104 valence electrons. The van der Waals surface area contributed by atoms with Crippen molar-refractivity contribution < 1.29 is 18.0 Å². The van der Waals surface area contributed by atoms with Crippen LogP contribution in [0.3, 0.4) is 0 Å². The second kappa shape index (κ2) is 5.41. The first-order valence-electron chi connectivity index (χ1n) is 5.95. The van der Waals surface area contributed by atoms with Crippen LogP contribution in [-0.2, 0) is 11.2 Å². The third-order valence-corrected chi connectivity index (χ3v) is 3.53. The summed E-state index contributed by atoms with van der Waals surface area (Å²) in [6, 6.07) is 7.04. The molecule has 0 saturated heterocycles. The Morgan fingerprint density at radius 1 is 1.37 bits per heavy atom. The van der Waals surface area contributed by atoms with Crippen molar-refractivity contribution in [3.05, 3.63) is 35.4 Å². The minimum Gasteiger partial charge on any atom is -0.348 e. The van der Waals surface area contributed by atoms with Crippen LogP contribution in [0.25, 0.3) is 0 Å². The van der Waals surface area contributed by atoms with Crippen molar-refractivity contribution in [2.75, 3.05) is 0 Å². The zero-order valence-electron chi connectivity index (χ0n) is 10.0. The fourth-order valence-electron chi connectivity index (χ4n) is 2.22. The zero-order valence-corrected chi connectivity index (χ0v) is 10.8. The number of alkyl halides is 4. The van der Waals surface area contributed by atoms with Gasteiger partial charge in [0.05, 0.1) is 17.8 Å². The lowest BCUT2D eigenvalue weighted by molar-refractivity contribution is -0.144. The summed E-state index contributed by atoms with van der Waals surface area (Å²) in [7, 11) is 0. The van der Waals surface area contributed by atoms with Gasteiger partial charge in [0.2, 0.25) is 5.91 Å². The molecule has 0 saturated carbocycles. The quantitative estimate of drug-likeness (QED) is 0.850. The summed E-state index contributed by atoms with van der Waals surface area (Å²) in [5.41, 5.74) is 1.92. The molecule has 0 fully saturated rings. The van der Waals surface area contributed by atoms with E-state index in [0.717, 1.165) is 11.1 Å². The molecule has 1 N–H and O–H groups in total. The molecule has 0 radical (unpaired) electrons. The highest BCUT2D eigenvalue weighted by molar-refractivity contribution is 6.21. The minimum atomic E-state index is -4.31. The second-order valence-corrected chi connectivity index (χ2v) is 5.14. The number of benzene rings is 1. The summed E-state index contributed by atoms with van der Waals surface area (Å²) in [6.45, 7) is 0. The SMILES string of the molecule is O=C(CCC(F)(F)F)NC1c2ccccc2CC1Cl. The number of hydrogen-bond donors (Lipinski definition) is 1. The summed E-state index contributed by atoms with van der Waals surface area (Å²) in [5, 5.41) is 2.27. The maximum Gasteiger partial charge on any atom is 0.389 e. The molecule has 19 heavy (non-hydrogen) atoms. The predicted octanol–water partition coefficient (Wildman–Crippen LogP) is 3.35. The smallest absolute Gasteiger partial charge is 0.348 e. The van der Waals surface area contributed by atoms with Crippen LogP contribution in [-0.4, -0.2) is 17.5 Å². The van der Waals surface area contributed by atoms with Crippen LogP contribution in [0.5, 0.6) is 0 Å². The van der Waals surface area contributed by atoms with Crippen molar-refractivity contribution >= 4 is 17.5 Å². The normalized spacial score (nSPS) is 22.1. The molecule has 0 aliphatic heterocycles. The number of halogens is 4. The number of nitrogens with one attached hydrogen (secondary N) is 1. The highest BCUT2D eigenvalue weighted by Gasteiger charge is 2.33. The zero-order chi connectivity index (χ0) is 14.0. The van der Waals surface area contributed by atoms with E-state index in [0.29, 0.717) is 6.42 Å². The number of carbonyl (C=O) groups excluding carboxylic acids is 1. The van der Waals surface area contributed by atoms with Gasteiger partial charge >= 0.3 is 6.18 Å². The van der Waals surface area contributed by atoms with Crippen LogP contribution in [0.4, 0.5) is 13.2 Å². The first kappa shape index (κ1) is 14.2. The van der Waals surface area contributed by atoms with E-state index in [-0.39, 0.29) is 5.38 Å². The highest BCUT2D eigenvalue weighted by atomic mass is 35.5. The number of hydrogen-bond acceptors (Lipinski definition) is 1. The van der Waals surface area contributed by atoms with Crippen molar-refractivity contribution in [3.8, 4) is 0 Å². The lowest BCUT2D eigenvalue weighted by Crippen LogP contribution is -2.32. The predicted molar refractivity (Wildman–Crippen MR) is 66.0 cm³/mol. The van der Waals surface area contributed by atoms with Gasteiger partial charge in [0.25, 0.3) is 0 Å². The van der Waals surface area contributed by atoms with E-state index in [4.69, 9.17) is 11.6 Å². The van der Waals surface area contributed by atoms with Gasteiger partial charge in [-0.2, -0.15) is 13.2 Å². The van der Waals surface area contributed by atoms with Crippen LogP contribution in [0, 0.1) is 0 Å². The van der Waals surface area contributed by atoms with Crippen LogP contribution in [0.2, 0.25) is 0 Å². The third-order valence-electron chi connectivity index (χ3n) is 3.12. The van der Waals surface area contributed by atoms with E-state index in [1.807, 2.05) is 24.3 Å². The Morgan fingerprint density at radius 2 is 2.05 bits per heavy atom. The van der Waals surface area contributed by atoms with E-state index in [9.17, 15) is 18.0 Å². The van der Waals surface area contributed by atoms with Gasteiger partial charge in [-0.15, -0.1) is 11.6 Å². The maximum atomic E-state index is 12.0. The lowest BCUT2D eigenvalue weighted by atomic mass is 10.1. The molecule has 1 aliphatic carbocycles. The lowest BCUT2D eigenvalue weighted by Gasteiger charge is -2.17. The van der Waals surface area contributed by atoms with E-state index in [1.54, 1.807) is 0 Å². The van der Waals surface area contributed by atoms with E-state index >= 15 is 0 Å². The molecule has 6 heteroatoms. The molecular weight excluding hydrogens is 279 g/mol. The van der Waals surface area contributed by atoms with Crippen molar-refractivity contribution in [1.82, 2.24) is 5.32 Å². The first-order valence-corrected chi connectivity index (χ1v) is 6.38. The molecule has 0 bridgehead atoms. The number of rotatable bonds is 3. The van der Waals surface area contributed by atoms with Gasteiger partial charge in [0.15, 0.2) is 0 Å². The molecular formula is C13H13ClF3NO. The summed E-state index contributed by atoms with van der Waals surface area (Å²) < 4.78 is 36.1. The summed E-state index contributed by atoms with van der Waals surface area (Å²) in [5.74, 6) is -0.621. The monoisotopic (exact) mass is 291 g/mol. The maximum absolute atomic E-state index is 12.0. The second-order valence-electron chi connectivity index (χ2n) is 4.58. The van der Waals surface area contributed by atoms with Gasteiger partial charge in [0.1, 0.15) is 0 Å². The molecule has 0 aromatic heterocycles. The molecule has 1 aromatic rings. The number of amides is 1. The average Bonchev–Trinajstić information content (AvgIpc) is 2.63. The number of fused-ring (bicyclic) bond motifs is 1. The Bertz CT molecular complexity index is 475.